The lowest BCUT2D eigenvalue weighted by atomic mass is 10.3. The average Bonchev–Trinajstić information content (AvgIpc) is 2.82. The molecule has 0 unspecified atom stereocenters. The molecule has 1 saturated heterocycles. The van der Waals surface area contributed by atoms with Crippen molar-refractivity contribution < 1.29 is 10.2 Å². The van der Waals surface area contributed by atoms with E-state index in [1.807, 2.05) is 0 Å². The highest BCUT2D eigenvalue weighted by Crippen LogP contribution is 2.31. The Hall–Kier alpha value is -1.73. The number of rotatable bonds is 2. The predicted molar refractivity (Wildman–Crippen MR) is 70.1 cm³/mol. The van der Waals surface area contributed by atoms with Crippen molar-refractivity contribution in [2.45, 2.75) is 0 Å². The minimum atomic E-state index is -0.366. The first-order valence-corrected chi connectivity index (χ1v) is 6.67. The summed E-state index contributed by atoms with van der Waals surface area (Å²) in [6.45, 7) is 4.13. The summed E-state index contributed by atoms with van der Waals surface area (Å²) in [4.78, 5) is 17.2. The molecule has 94 valence electrons. The van der Waals surface area contributed by atoms with Crippen LogP contribution in [0.1, 0.15) is 0 Å². The molecule has 3 rings (SSSR count). The zero-order chi connectivity index (χ0) is 12.5. The summed E-state index contributed by atoms with van der Waals surface area (Å²) in [5.74, 6) is 0. The molecule has 0 spiro atoms. The number of anilines is 1. The van der Waals surface area contributed by atoms with Crippen molar-refractivity contribution in [3.05, 3.63) is 28.3 Å². The summed E-state index contributed by atoms with van der Waals surface area (Å²) in [7, 11) is 0. The topological polar surface area (TPSA) is 75.9 Å². The maximum atomic E-state index is 10.7. The summed E-state index contributed by atoms with van der Waals surface area (Å²) in [6.07, 6.45) is 0. The second-order valence-electron chi connectivity index (χ2n) is 4.26. The van der Waals surface area contributed by atoms with Gasteiger partial charge in [-0.2, -0.15) is 0 Å². The van der Waals surface area contributed by atoms with Gasteiger partial charge in [-0.15, -0.1) is 0 Å². The number of nitrogens with zero attached hydrogens (tertiary/aromatic N) is 3. The highest BCUT2D eigenvalue weighted by atomic mass is 32.1. The third-order valence-electron chi connectivity index (χ3n) is 3.05. The van der Waals surface area contributed by atoms with Crippen LogP contribution in [0.25, 0.3) is 10.2 Å². The normalized spacial score (nSPS) is 16.1. The van der Waals surface area contributed by atoms with Gasteiger partial charge >= 0.3 is 0 Å². The van der Waals surface area contributed by atoms with Crippen LogP contribution in [0.5, 0.6) is 0 Å². The Morgan fingerprint density at radius 3 is 2.89 bits per heavy atom. The Morgan fingerprint density at radius 1 is 1.39 bits per heavy atom. The quantitative estimate of drug-likeness (QED) is 0.637. The molecular formula is C11H13N4O2S+. The molecule has 18 heavy (non-hydrogen) atoms. The Balaban J connectivity index is 1.97. The van der Waals surface area contributed by atoms with Gasteiger partial charge in [0, 0.05) is 12.1 Å². The first-order chi connectivity index (χ1) is 8.74. The second-order valence-corrected chi connectivity index (χ2v) is 5.27. The number of non-ortho nitro benzene ring substituents is 1. The van der Waals surface area contributed by atoms with Crippen LogP contribution in [0.3, 0.4) is 0 Å². The fraction of sp³-hybridized carbons (Fsp3) is 0.364. The van der Waals surface area contributed by atoms with Crippen molar-refractivity contribution in [1.29, 1.82) is 0 Å². The number of fused-ring (bicyclic) bond motifs is 1. The number of nitro groups is 1. The monoisotopic (exact) mass is 265 g/mol. The van der Waals surface area contributed by atoms with Crippen molar-refractivity contribution >= 4 is 32.4 Å². The van der Waals surface area contributed by atoms with Gasteiger partial charge in [0.05, 0.1) is 41.3 Å². The van der Waals surface area contributed by atoms with E-state index in [4.69, 9.17) is 0 Å². The SMILES string of the molecule is O=[N+]([O-])c1ccc2nc(N3CC[NH2+]CC3)sc2c1. The first-order valence-electron chi connectivity index (χ1n) is 5.85. The van der Waals surface area contributed by atoms with Gasteiger partial charge in [-0.3, -0.25) is 10.1 Å². The van der Waals surface area contributed by atoms with Crippen molar-refractivity contribution in [3.8, 4) is 0 Å². The number of aromatic nitrogens is 1. The van der Waals surface area contributed by atoms with Gasteiger partial charge in [0.2, 0.25) is 0 Å². The number of thiazole rings is 1. The Kier molecular flexibility index (Phi) is 2.85. The van der Waals surface area contributed by atoms with E-state index in [2.05, 4.69) is 15.2 Å². The van der Waals surface area contributed by atoms with Gasteiger partial charge in [-0.25, -0.2) is 4.98 Å². The zero-order valence-electron chi connectivity index (χ0n) is 9.70. The number of hydrogen-bond acceptors (Lipinski definition) is 5. The van der Waals surface area contributed by atoms with Crippen LogP contribution in [-0.2, 0) is 0 Å². The van der Waals surface area contributed by atoms with Gasteiger partial charge in [-0.1, -0.05) is 11.3 Å². The average molecular weight is 265 g/mol. The molecule has 2 heterocycles. The van der Waals surface area contributed by atoms with Crippen molar-refractivity contribution in [3.63, 3.8) is 0 Å². The molecule has 0 aliphatic carbocycles. The smallest absolute Gasteiger partial charge is 0.270 e. The molecule has 0 amide bonds. The molecule has 2 N–H and O–H groups in total. The number of piperazine rings is 1. The molecule has 6 nitrogen and oxygen atoms in total. The van der Waals surface area contributed by atoms with E-state index in [1.54, 1.807) is 12.1 Å². The summed E-state index contributed by atoms with van der Waals surface area (Å²) in [5, 5.41) is 14.0. The van der Waals surface area contributed by atoms with Gasteiger partial charge in [0.1, 0.15) is 0 Å². The number of hydrogen-bond donors (Lipinski definition) is 1. The van der Waals surface area contributed by atoms with E-state index in [1.165, 1.54) is 17.4 Å². The van der Waals surface area contributed by atoms with Crippen LogP contribution in [0.4, 0.5) is 10.8 Å². The fourth-order valence-corrected chi connectivity index (χ4v) is 3.14. The summed E-state index contributed by atoms with van der Waals surface area (Å²) >= 11 is 1.53. The molecule has 1 aromatic heterocycles. The maximum Gasteiger partial charge on any atom is 0.270 e. The largest absolute Gasteiger partial charge is 0.343 e. The number of nitrogens with two attached hydrogens (primary N) is 1. The highest BCUT2D eigenvalue weighted by Gasteiger charge is 2.17. The van der Waals surface area contributed by atoms with E-state index < -0.39 is 0 Å². The van der Waals surface area contributed by atoms with Crippen LogP contribution in [0.2, 0.25) is 0 Å². The van der Waals surface area contributed by atoms with Crippen LogP contribution in [0.15, 0.2) is 18.2 Å². The van der Waals surface area contributed by atoms with Crippen LogP contribution in [0, 0.1) is 10.1 Å². The van der Waals surface area contributed by atoms with Crippen LogP contribution in [-0.4, -0.2) is 36.1 Å². The van der Waals surface area contributed by atoms with Crippen molar-refractivity contribution in [2.75, 3.05) is 31.1 Å². The van der Waals surface area contributed by atoms with E-state index in [0.29, 0.717) is 0 Å². The first kappa shape index (κ1) is 11.4. The van der Waals surface area contributed by atoms with E-state index in [9.17, 15) is 10.1 Å². The summed E-state index contributed by atoms with van der Waals surface area (Å²) < 4.78 is 0.883. The molecule has 0 bridgehead atoms. The van der Waals surface area contributed by atoms with Gasteiger partial charge < -0.3 is 10.2 Å². The summed E-state index contributed by atoms with van der Waals surface area (Å²) in [5.41, 5.74) is 0.972. The van der Waals surface area contributed by atoms with Gasteiger partial charge in [-0.05, 0) is 6.07 Å². The van der Waals surface area contributed by atoms with E-state index >= 15 is 0 Å². The lowest BCUT2D eigenvalue weighted by Gasteiger charge is -2.24. The Bertz CT molecular complexity index is 592. The van der Waals surface area contributed by atoms with Crippen LogP contribution >= 0.6 is 11.3 Å². The number of nitro benzene ring substituents is 1. The molecule has 7 heteroatoms. The van der Waals surface area contributed by atoms with Crippen molar-refractivity contribution in [2.24, 2.45) is 0 Å². The Morgan fingerprint density at radius 2 is 2.17 bits per heavy atom. The molecule has 1 aromatic carbocycles. The van der Waals surface area contributed by atoms with E-state index in [0.717, 1.165) is 41.5 Å². The lowest BCUT2D eigenvalue weighted by Crippen LogP contribution is -2.89. The fourth-order valence-electron chi connectivity index (χ4n) is 2.09. The molecule has 0 atom stereocenters. The third kappa shape index (κ3) is 2.02. The maximum absolute atomic E-state index is 10.7. The van der Waals surface area contributed by atoms with Crippen LogP contribution < -0.4 is 10.2 Å². The predicted octanol–water partition coefficient (Wildman–Crippen LogP) is 0.588. The minimum absolute atomic E-state index is 0.129. The number of benzene rings is 1. The zero-order valence-corrected chi connectivity index (χ0v) is 10.5. The third-order valence-corrected chi connectivity index (χ3v) is 4.13. The molecule has 2 aromatic rings. The molecule has 1 fully saturated rings. The molecular weight excluding hydrogens is 252 g/mol. The summed E-state index contributed by atoms with van der Waals surface area (Å²) in [6, 6.07) is 4.84. The lowest BCUT2D eigenvalue weighted by molar-refractivity contribution is -0.655. The Labute approximate surface area is 107 Å². The highest BCUT2D eigenvalue weighted by molar-refractivity contribution is 7.22. The van der Waals surface area contributed by atoms with Gasteiger partial charge in [0.15, 0.2) is 5.13 Å². The second kappa shape index (κ2) is 4.51. The van der Waals surface area contributed by atoms with Crippen molar-refractivity contribution in [1.82, 2.24) is 4.98 Å². The van der Waals surface area contributed by atoms with Gasteiger partial charge in [0.25, 0.3) is 5.69 Å². The molecule has 1 aliphatic rings. The minimum Gasteiger partial charge on any atom is -0.343 e. The molecule has 0 saturated carbocycles. The number of quaternary nitrogens is 1. The molecule has 0 radical (unpaired) electrons. The van der Waals surface area contributed by atoms with E-state index in [-0.39, 0.29) is 10.6 Å². The molecule has 1 aliphatic heterocycles. The standard InChI is InChI=1S/C11H12N4O2S/c16-15(17)8-1-2-9-10(7-8)18-11(13-9)14-5-3-12-4-6-14/h1-2,7,12H,3-6H2/p+1.